The molecule has 6 nitrogen and oxygen atoms in total. The zero-order valence-corrected chi connectivity index (χ0v) is 27.5. The Morgan fingerprint density at radius 3 is 1.92 bits per heavy atom. The predicted octanol–water partition coefficient (Wildman–Crippen LogP) is 11.0. The van der Waals surface area contributed by atoms with Gasteiger partial charge in [-0.2, -0.15) is 0 Å². The van der Waals surface area contributed by atoms with Gasteiger partial charge in [0.25, 0.3) is 0 Å². The van der Waals surface area contributed by atoms with Gasteiger partial charge in [0.1, 0.15) is 16.7 Å². The fraction of sp³-hybridized carbons (Fsp3) is 0.227. The second kappa shape index (κ2) is 10.7. The molecule has 12 rings (SSSR count). The molecule has 4 bridgehead atoms. The number of rotatable bonds is 5. The number of hydrogen-bond acceptors (Lipinski definition) is 6. The lowest BCUT2D eigenvalue weighted by molar-refractivity contribution is -0.00518. The highest BCUT2D eigenvalue weighted by atomic mass is 16.3. The van der Waals surface area contributed by atoms with E-state index in [4.69, 9.17) is 23.8 Å². The Bertz CT molecular complexity index is 2550. The molecule has 4 aliphatic carbocycles. The molecule has 3 aromatic heterocycles. The van der Waals surface area contributed by atoms with Crippen molar-refractivity contribution >= 4 is 33.0 Å². The standard InChI is InChI=1S/C44H34N4O2/c1-2-6-29(7-3-1)41-46-42(30-10-13-32(14-11-30)44-22-26-18-27(23-44)20-28(19-26)24-44)48-43(47-41)36-17-16-33(39-40(36)49-25-45-39)31-12-15-35-34-8-4-5-9-37(34)50-38(35)21-31/h1-17,21,25-28H,18-20,22-24H2. The van der Waals surface area contributed by atoms with E-state index in [1.807, 2.05) is 54.6 Å². The van der Waals surface area contributed by atoms with Crippen molar-refractivity contribution in [1.82, 2.24) is 19.9 Å². The summed E-state index contributed by atoms with van der Waals surface area (Å²) >= 11 is 0. The van der Waals surface area contributed by atoms with Crippen LogP contribution in [0.2, 0.25) is 0 Å². The Balaban J connectivity index is 1.01. The van der Waals surface area contributed by atoms with Crippen LogP contribution in [0.3, 0.4) is 0 Å². The molecular formula is C44H34N4O2. The molecule has 3 heterocycles. The summed E-state index contributed by atoms with van der Waals surface area (Å²) in [5.41, 5.74) is 9.62. The average Bonchev–Trinajstić information content (AvgIpc) is 3.79. The molecule has 5 aromatic carbocycles. The van der Waals surface area contributed by atoms with Gasteiger partial charge in [-0.25, -0.2) is 19.9 Å². The van der Waals surface area contributed by atoms with Crippen molar-refractivity contribution in [3.05, 3.63) is 121 Å². The normalized spacial score (nSPS) is 22.6. The third-order valence-electron chi connectivity index (χ3n) is 11.9. The number of furan rings is 1. The Hall–Kier alpha value is -5.62. The number of nitrogens with zero attached hydrogens (tertiary/aromatic N) is 4. The second-order valence-electron chi connectivity index (χ2n) is 14.9. The molecule has 0 spiro atoms. The SMILES string of the molecule is c1ccc(-c2nc(-c3ccc(C45CC6CC(CC(C6)C4)C5)cc3)nc(-c3ccc(-c4ccc5c(c4)oc4ccccc45)c4ncoc34)n2)cc1. The summed E-state index contributed by atoms with van der Waals surface area (Å²) in [7, 11) is 0. The molecule has 0 N–H and O–H groups in total. The Morgan fingerprint density at radius 2 is 1.16 bits per heavy atom. The van der Waals surface area contributed by atoms with E-state index in [-0.39, 0.29) is 0 Å². The first-order valence-corrected chi connectivity index (χ1v) is 17.9. The number of oxazole rings is 1. The van der Waals surface area contributed by atoms with Crippen LogP contribution in [0.1, 0.15) is 44.1 Å². The lowest BCUT2D eigenvalue weighted by Crippen LogP contribution is -2.48. The quantitative estimate of drug-likeness (QED) is 0.184. The van der Waals surface area contributed by atoms with E-state index in [0.717, 1.165) is 73.0 Å². The smallest absolute Gasteiger partial charge is 0.182 e. The van der Waals surface area contributed by atoms with Crippen molar-refractivity contribution < 1.29 is 8.83 Å². The van der Waals surface area contributed by atoms with Crippen LogP contribution in [-0.2, 0) is 5.41 Å². The highest BCUT2D eigenvalue weighted by molar-refractivity contribution is 6.07. The maximum atomic E-state index is 6.21. The Labute approximate surface area is 289 Å². The van der Waals surface area contributed by atoms with Crippen LogP contribution < -0.4 is 0 Å². The fourth-order valence-electron chi connectivity index (χ4n) is 10.0. The van der Waals surface area contributed by atoms with E-state index in [1.165, 1.54) is 50.5 Å². The van der Waals surface area contributed by atoms with Crippen LogP contribution in [0.5, 0.6) is 0 Å². The van der Waals surface area contributed by atoms with Crippen LogP contribution in [0.25, 0.3) is 78.3 Å². The van der Waals surface area contributed by atoms with Crippen LogP contribution in [0.4, 0.5) is 0 Å². The van der Waals surface area contributed by atoms with E-state index in [2.05, 4.69) is 59.6 Å². The topological polar surface area (TPSA) is 77.8 Å². The molecule has 4 saturated carbocycles. The minimum atomic E-state index is 0.349. The zero-order chi connectivity index (χ0) is 32.8. The number of para-hydroxylation sites is 1. The Kier molecular flexibility index (Phi) is 6.04. The van der Waals surface area contributed by atoms with Gasteiger partial charge in [-0.15, -0.1) is 0 Å². The second-order valence-corrected chi connectivity index (χ2v) is 14.9. The van der Waals surface area contributed by atoms with Crippen LogP contribution in [0, 0.1) is 17.8 Å². The van der Waals surface area contributed by atoms with Gasteiger partial charge < -0.3 is 8.83 Å². The van der Waals surface area contributed by atoms with Gasteiger partial charge in [0, 0.05) is 27.5 Å². The van der Waals surface area contributed by atoms with Crippen LogP contribution in [-0.4, -0.2) is 19.9 Å². The first-order valence-electron chi connectivity index (χ1n) is 17.9. The first-order chi connectivity index (χ1) is 24.7. The van der Waals surface area contributed by atoms with Crippen molar-refractivity contribution in [2.45, 2.75) is 43.9 Å². The molecule has 4 fully saturated rings. The highest BCUT2D eigenvalue weighted by Crippen LogP contribution is 2.60. The maximum absolute atomic E-state index is 6.21. The zero-order valence-electron chi connectivity index (χ0n) is 27.5. The van der Waals surface area contributed by atoms with Gasteiger partial charge in [-0.1, -0.05) is 84.9 Å². The van der Waals surface area contributed by atoms with E-state index in [9.17, 15) is 0 Å². The molecule has 6 heteroatoms. The maximum Gasteiger partial charge on any atom is 0.182 e. The highest BCUT2D eigenvalue weighted by Gasteiger charge is 2.51. The summed E-state index contributed by atoms with van der Waals surface area (Å²) in [6.45, 7) is 0. The molecule has 0 saturated heterocycles. The van der Waals surface area contributed by atoms with Crippen molar-refractivity contribution in [3.8, 4) is 45.3 Å². The van der Waals surface area contributed by atoms with Crippen LogP contribution >= 0.6 is 0 Å². The lowest BCUT2D eigenvalue weighted by Gasteiger charge is -2.57. The minimum Gasteiger partial charge on any atom is -0.456 e. The van der Waals surface area contributed by atoms with E-state index in [1.54, 1.807) is 0 Å². The van der Waals surface area contributed by atoms with Gasteiger partial charge in [-0.3, -0.25) is 0 Å². The third-order valence-corrected chi connectivity index (χ3v) is 11.9. The summed E-state index contributed by atoms with van der Waals surface area (Å²) in [6, 6.07) is 37.9. The molecule has 0 unspecified atom stereocenters. The molecule has 242 valence electrons. The summed E-state index contributed by atoms with van der Waals surface area (Å²) < 4.78 is 12.3. The summed E-state index contributed by atoms with van der Waals surface area (Å²) in [5, 5.41) is 2.20. The molecular weight excluding hydrogens is 617 g/mol. The molecule has 8 aromatic rings. The molecule has 50 heavy (non-hydrogen) atoms. The number of aromatic nitrogens is 4. The van der Waals surface area contributed by atoms with Gasteiger partial charge in [0.15, 0.2) is 29.4 Å². The van der Waals surface area contributed by atoms with Gasteiger partial charge >= 0.3 is 0 Å². The van der Waals surface area contributed by atoms with Gasteiger partial charge in [-0.05, 0) is 97.1 Å². The molecule has 0 radical (unpaired) electrons. The largest absolute Gasteiger partial charge is 0.456 e. The summed E-state index contributed by atoms with van der Waals surface area (Å²) in [4.78, 5) is 19.8. The molecule has 0 atom stereocenters. The average molecular weight is 651 g/mol. The van der Waals surface area contributed by atoms with Crippen LogP contribution in [0.15, 0.2) is 124 Å². The number of hydrogen-bond donors (Lipinski definition) is 0. The minimum absolute atomic E-state index is 0.349. The van der Waals surface area contributed by atoms with Crippen molar-refractivity contribution in [2.24, 2.45) is 17.8 Å². The molecule has 0 aliphatic heterocycles. The molecule has 4 aliphatic rings. The third kappa shape index (κ3) is 4.40. The van der Waals surface area contributed by atoms with E-state index in [0.29, 0.717) is 28.5 Å². The molecule has 0 amide bonds. The lowest BCUT2D eigenvalue weighted by atomic mass is 9.48. The van der Waals surface area contributed by atoms with E-state index < -0.39 is 0 Å². The van der Waals surface area contributed by atoms with Crippen molar-refractivity contribution in [3.63, 3.8) is 0 Å². The van der Waals surface area contributed by atoms with Crippen molar-refractivity contribution in [2.75, 3.05) is 0 Å². The monoisotopic (exact) mass is 650 g/mol. The summed E-state index contributed by atoms with van der Waals surface area (Å²) in [5.74, 6) is 4.56. The summed E-state index contributed by atoms with van der Waals surface area (Å²) in [6.07, 6.45) is 9.89. The number of fused-ring (bicyclic) bond motifs is 4. The van der Waals surface area contributed by atoms with Crippen molar-refractivity contribution in [1.29, 1.82) is 0 Å². The fourth-order valence-corrected chi connectivity index (χ4v) is 10.0. The number of benzene rings is 5. The predicted molar refractivity (Wildman–Crippen MR) is 196 cm³/mol. The first kappa shape index (κ1) is 28.2. The van der Waals surface area contributed by atoms with Gasteiger partial charge in [0.05, 0.1) is 5.56 Å². The van der Waals surface area contributed by atoms with E-state index >= 15 is 0 Å². The van der Waals surface area contributed by atoms with Gasteiger partial charge in [0.2, 0.25) is 0 Å². The Morgan fingerprint density at radius 1 is 0.540 bits per heavy atom.